The summed E-state index contributed by atoms with van der Waals surface area (Å²) in [6.07, 6.45) is -4.60. The van der Waals surface area contributed by atoms with Crippen LogP contribution in [0.5, 0.6) is 0 Å². The molecule has 2 rings (SSSR count). The van der Waals surface area contributed by atoms with Gasteiger partial charge in [-0.1, -0.05) is 11.6 Å². The number of benzene rings is 1. The minimum atomic E-state index is -4.60. The SMILES string of the molecule is COC(=O)C1=C(Nc2c(Cl)cc(C(F)(F)F)cc2Br)C(=O)N(CCO)C1. The van der Waals surface area contributed by atoms with E-state index in [1.54, 1.807) is 0 Å². The molecule has 0 aliphatic carbocycles. The van der Waals surface area contributed by atoms with Gasteiger partial charge in [-0.3, -0.25) is 4.79 Å². The van der Waals surface area contributed by atoms with Crippen molar-refractivity contribution < 1.29 is 32.6 Å². The number of anilines is 1. The van der Waals surface area contributed by atoms with Crippen LogP contribution in [-0.2, 0) is 20.5 Å². The van der Waals surface area contributed by atoms with Crippen molar-refractivity contribution in [3.05, 3.63) is 38.5 Å². The quantitative estimate of drug-likeness (QED) is 0.665. The Kier molecular flexibility index (Phi) is 6.20. The maximum Gasteiger partial charge on any atom is 0.416 e. The van der Waals surface area contributed by atoms with Gasteiger partial charge in [0.05, 0.1) is 42.1 Å². The number of rotatable bonds is 5. The fourth-order valence-corrected chi connectivity index (χ4v) is 3.27. The predicted octanol–water partition coefficient (Wildman–Crippen LogP) is 2.79. The number of hydrogen-bond donors (Lipinski definition) is 2. The number of methoxy groups -OCH3 is 1. The van der Waals surface area contributed by atoms with E-state index in [4.69, 9.17) is 16.7 Å². The first kappa shape index (κ1) is 20.5. The van der Waals surface area contributed by atoms with E-state index in [1.807, 2.05) is 0 Å². The molecule has 0 bridgehead atoms. The van der Waals surface area contributed by atoms with E-state index in [0.29, 0.717) is 6.07 Å². The number of esters is 1. The van der Waals surface area contributed by atoms with Crippen LogP contribution in [0.1, 0.15) is 5.56 Å². The molecule has 1 aromatic carbocycles. The molecule has 1 heterocycles. The number of β-amino-alcohol motifs (C(OH)–C–C–N with tert-alkyl or cyclic N) is 1. The molecule has 0 saturated carbocycles. The molecule has 0 spiro atoms. The number of ether oxygens (including phenoxy) is 1. The molecule has 6 nitrogen and oxygen atoms in total. The first-order valence-electron chi connectivity index (χ1n) is 7.15. The van der Waals surface area contributed by atoms with Crippen LogP contribution in [0.3, 0.4) is 0 Å². The normalized spacial score (nSPS) is 14.9. The third-order valence-corrected chi connectivity index (χ3v) is 4.50. The van der Waals surface area contributed by atoms with Crippen LogP contribution in [0.15, 0.2) is 27.9 Å². The lowest BCUT2D eigenvalue weighted by Crippen LogP contribution is -2.31. The molecule has 1 aliphatic heterocycles. The average molecular weight is 458 g/mol. The van der Waals surface area contributed by atoms with Gasteiger partial charge in [-0.25, -0.2) is 4.79 Å². The Morgan fingerprint density at radius 1 is 1.46 bits per heavy atom. The van der Waals surface area contributed by atoms with Crippen molar-refractivity contribution in [2.75, 3.05) is 32.1 Å². The minimum Gasteiger partial charge on any atom is -0.466 e. The van der Waals surface area contributed by atoms with Crippen molar-refractivity contribution in [1.82, 2.24) is 4.90 Å². The molecular weight excluding hydrogens is 445 g/mol. The molecule has 1 aromatic rings. The van der Waals surface area contributed by atoms with Crippen LogP contribution in [0, 0.1) is 0 Å². The molecule has 0 unspecified atom stereocenters. The van der Waals surface area contributed by atoms with Crippen molar-refractivity contribution in [3.63, 3.8) is 0 Å². The van der Waals surface area contributed by atoms with Gasteiger partial charge < -0.3 is 20.1 Å². The fraction of sp³-hybridized carbons (Fsp3) is 0.333. The topological polar surface area (TPSA) is 78.9 Å². The highest BCUT2D eigenvalue weighted by atomic mass is 79.9. The number of nitrogens with zero attached hydrogens (tertiary/aromatic N) is 1. The zero-order chi connectivity index (χ0) is 19.6. The Bertz CT molecular complexity index is 760. The summed E-state index contributed by atoms with van der Waals surface area (Å²) in [5, 5.41) is 11.3. The molecular formula is C15H13BrClF3N2O4. The molecule has 1 aliphatic rings. The first-order chi connectivity index (χ1) is 12.1. The summed E-state index contributed by atoms with van der Waals surface area (Å²) in [5.41, 5.74) is -1.17. The van der Waals surface area contributed by atoms with Gasteiger partial charge in [0.2, 0.25) is 0 Å². The van der Waals surface area contributed by atoms with Crippen LogP contribution < -0.4 is 5.32 Å². The maximum absolute atomic E-state index is 12.8. The number of aliphatic hydroxyl groups is 1. The van der Waals surface area contributed by atoms with Crippen LogP contribution in [0.4, 0.5) is 18.9 Å². The summed E-state index contributed by atoms with van der Waals surface area (Å²) in [5.74, 6) is -1.39. The molecule has 0 saturated heterocycles. The second-order valence-electron chi connectivity index (χ2n) is 5.23. The lowest BCUT2D eigenvalue weighted by molar-refractivity contribution is -0.138. The van der Waals surface area contributed by atoms with Crippen LogP contribution in [0.2, 0.25) is 5.02 Å². The van der Waals surface area contributed by atoms with Crippen molar-refractivity contribution in [1.29, 1.82) is 0 Å². The lowest BCUT2D eigenvalue weighted by Gasteiger charge is -2.17. The molecule has 1 amide bonds. The van der Waals surface area contributed by atoms with E-state index >= 15 is 0 Å². The molecule has 0 radical (unpaired) electrons. The van der Waals surface area contributed by atoms with Gasteiger partial charge in [0, 0.05) is 11.0 Å². The zero-order valence-corrected chi connectivity index (χ0v) is 15.6. The van der Waals surface area contributed by atoms with Crippen LogP contribution in [0.25, 0.3) is 0 Å². The Balaban J connectivity index is 2.44. The van der Waals surface area contributed by atoms with Crippen molar-refractivity contribution in [2.45, 2.75) is 6.18 Å². The standard InChI is InChI=1S/C15H13BrClF3N2O4/c1-26-14(25)8-6-22(2-3-23)13(24)11(8)21-12-9(16)4-7(5-10(12)17)15(18,19)20/h4-5,21,23H,2-3,6H2,1H3. The van der Waals surface area contributed by atoms with E-state index in [-0.39, 0.29) is 46.1 Å². The Morgan fingerprint density at radius 3 is 2.62 bits per heavy atom. The van der Waals surface area contributed by atoms with Gasteiger partial charge in [-0.2, -0.15) is 13.2 Å². The highest BCUT2D eigenvalue weighted by molar-refractivity contribution is 9.10. The van der Waals surface area contributed by atoms with Gasteiger partial charge in [0.15, 0.2) is 0 Å². The van der Waals surface area contributed by atoms with E-state index in [0.717, 1.165) is 13.2 Å². The number of nitrogens with one attached hydrogen (secondary N) is 1. The van der Waals surface area contributed by atoms with Gasteiger partial charge in [0.25, 0.3) is 5.91 Å². The van der Waals surface area contributed by atoms with E-state index in [9.17, 15) is 22.8 Å². The summed E-state index contributed by atoms with van der Waals surface area (Å²) in [6.45, 7) is -0.450. The average Bonchev–Trinajstić information content (AvgIpc) is 2.86. The van der Waals surface area contributed by atoms with E-state index in [2.05, 4.69) is 26.0 Å². The molecule has 2 N–H and O–H groups in total. The molecule has 0 fully saturated rings. The van der Waals surface area contributed by atoms with Gasteiger partial charge in [-0.05, 0) is 28.1 Å². The predicted molar refractivity (Wildman–Crippen MR) is 90.5 cm³/mol. The largest absolute Gasteiger partial charge is 0.466 e. The smallest absolute Gasteiger partial charge is 0.416 e. The summed E-state index contributed by atoms with van der Waals surface area (Å²) in [4.78, 5) is 25.5. The van der Waals surface area contributed by atoms with Crippen molar-refractivity contribution >= 4 is 45.1 Å². The van der Waals surface area contributed by atoms with E-state index < -0.39 is 23.6 Å². The summed E-state index contributed by atoms with van der Waals surface area (Å²) in [7, 11) is 1.13. The monoisotopic (exact) mass is 456 g/mol. The summed E-state index contributed by atoms with van der Waals surface area (Å²) >= 11 is 8.92. The van der Waals surface area contributed by atoms with Crippen molar-refractivity contribution in [2.24, 2.45) is 0 Å². The third kappa shape index (κ3) is 4.13. The first-order valence-corrected chi connectivity index (χ1v) is 8.32. The summed E-state index contributed by atoms with van der Waals surface area (Å²) < 4.78 is 43.1. The number of halogens is 5. The summed E-state index contributed by atoms with van der Waals surface area (Å²) in [6, 6.07) is 1.51. The van der Waals surface area contributed by atoms with Gasteiger partial charge in [0.1, 0.15) is 5.70 Å². The highest BCUT2D eigenvalue weighted by Crippen LogP contribution is 2.39. The van der Waals surface area contributed by atoms with Crippen LogP contribution >= 0.6 is 27.5 Å². The number of carbonyl (C=O) groups is 2. The zero-order valence-electron chi connectivity index (χ0n) is 13.3. The highest BCUT2D eigenvalue weighted by Gasteiger charge is 2.36. The number of carbonyl (C=O) groups excluding carboxylic acids is 2. The third-order valence-electron chi connectivity index (χ3n) is 3.57. The lowest BCUT2D eigenvalue weighted by atomic mass is 10.1. The molecule has 26 heavy (non-hydrogen) atoms. The Labute approximate surface area is 159 Å². The number of hydrogen-bond acceptors (Lipinski definition) is 5. The maximum atomic E-state index is 12.8. The second kappa shape index (κ2) is 7.85. The minimum absolute atomic E-state index is 0.00438. The number of amides is 1. The Hall–Kier alpha value is -1.78. The van der Waals surface area contributed by atoms with Crippen LogP contribution in [-0.4, -0.2) is 48.7 Å². The number of aliphatic hydroxyl groups excluding tert-OH is 1. The van der Waals surface area contributed by atoms with E-state index in [1.165, 1.54) is 4.90 Å². The van der Waals surface area contributed by atoms with Gasteiger partial charge >= 0.3 is 12.1 Å². The van der Waals surface area contributed by atoms with Gasteiger partial charge in [-0.15, -0.1) is 0 Å². The Morgan fingerprint density at radius 2 is 2.12 bits per heavy atom. The second-order valence-corrected chi connectivity index (χ2v) is 6.49. The fourth-order valence-electron chi connectivity index (χ4n) is 2.33. The molecule has 0 atom stereocenters. The van der Waals surface area contributed by atoms with Crippen molar-refractivity contribution in [3.8, 4) is 0 Å². The molecule has 11 heteroatoms. The molecule has 0 aromatic heterocycles. The molecule has 142 valence electrons. The number of alkyl halides is 3.